The molecular formula is C36H36O7. The second-order valence-corrected chi connectivity index (χ2v) is 10.2. The predicted molar refractivity (Wildman–Crippen MR) is 165 cm³/mol. The minimum absolute atomic E-state index is 0.127. The maximum absolute atomic E-state index is 12.8. The van der Waals surface area contributed by atoms with E-state index in [0.717, 1.165) is 28.7 Å². The molecule has 7 nitrogen and oxygen atoms in total. The molecule has 2 atom stereocenters. The van der Waals surface area contributed by atoms with Gasteiger partial charge >= 0.3 is 17.9 Å². The Morgan fingerprint density at radius 3 is 1.51 bits per heavy atom. The fourth-order valence-corrected chi connectivity index (χ4v) is 4.17. The summed E-state index contributed by atoms with van der Waals surface area (Å²) >= 11 is 0. The monoisotopic (exact) mass is 580 g/mol. The number of ether oxygens (including phenoxy) is 4. The summed E-state index contributed by atoms with van der Waals surface area (Å²) in [4.78, 5) is 36.5. The number of benzene rings is 4. The van der Waals surface area contributed by atoms with Gasteiger partial charge < -0.3 is 18.9 Å². The Morgan fingerprint density at radius 2 is 1.05 bits per heavy atom. The number of esters is 3. The third-order valence-corrected chi connectivity index (χ3v) is 6.92. The molecule has 0 aliphatic carbocycles. The van der Waals surface area contributed by atoms with Gasteiger partial charge in [0.2, 0.25) is 0 Å². The van der Waals surface area contributed by atoms with Crippen LogP contribution in [-0.2, 0) is 14.3 Å². The Kier molecular flexibility index (Phi) is 10.7. The number of carbonyl (C=O) groups excluding carboxylic acids is 3. The molecule has 2 unspecified atom stereocenters. The van der Waals surface area contributed by atoms with Crippen LogP contribution >= 0.6 is 0 Å². The molecule has 4 rings (SSSR count). The van der Waals surface area contributed by atoms with Crippen LogP contribution in [0.25, 0.3) is 22.3 Å². The van der Waals surface area contributed by atoms with Gasteiger partial charge in [-0.1, -0.05) is 62.4 Å². The average Bonchev–Trinajstić information content (AvgIpc) is 3.04. The molecule has 4 aromatic carbocycles. The summed E-state index contributed by atoms with van der Waals surface area (Å²) in [5.41, 5.74) is 4.69. The van der Waals surface area contributed by atoms with Crippen LogP contribution < -0.4 is 9.47 Å². The number of hydrogen-bond acceptors (Lipinski definition) is 7. The smallest absolute Gasteiger partial charge is 0.343 e. The van der Waals surface area contributed by atoms with Crippen molar-refractivity contribution in [2.75, 3.05) is 13.2 Å². The lowest BCUT2D eigenvalue weighted by Crippen LogP contribution is -2.25. The van der Waals surface area contributed by atoms with Crippen molar-refractivity contribution in [3.05, 3.63) is 108 Å². The molecule has 0 fully saturated rings. The van der Waals surface area contributed by atoms with E-state index in [9.17, 15) is 14.4 Å². The van der Waals surface area contributed by atoms with Gasteiger partial charge in [0.25, 0.3) is 0 Å². The Labute approximate surface area is 252 Å². The first-order valence-corrected chi connectivity index (χ1v) is 14.4. The molecule has 43 heavy (non-hydrogen) atoms. The zero-order valence-electron chi connectivity index (χ0n) is 24.9. The number of carbonyl (C=O) groups is 3. The molecule has 0 radical (unpaired) electrons. The largest absolute Gasteiger partial charge is 0.490 e. The van der Waals surface area contributed by atoms with Crippen LogP contribution in [0.5, 0.6) is 11.5 Å². The van der Waals surface area contributed by atoms with Crippen LogP contribution in [-0.4, -0.2) is 37.2 Å². The summed E-state index contributed by atoms with van der Waals surface area (Å²) in [6.45, 7) is 7.98. The zero-order chi connectivity index (χ0) is 30.8. The highest BCUT2D eigenvalue weighted by Crippen LogP contribution is 2.26. The molecule has 0 aliphatic heterocycles. The van der Waals surface area contributed by atoms with Gasteiger partial charge in [-0.2, -0.15) is 0 Å². The average molecular weight is 581 g/mol. The summed E-state index contributed by atoms with van der Waals surface area (Å²) in [5, 5.41) is 0. The van der Waals surface area contributed by atoms with E-state index in [1.165, 1.54) is 0 Å². The topological polar surface area (TPSA) is 88.1 Å². The summed E-state index contributed by atoms with van der Waals surface area (Å²) in [7, 11) is 0. The van der Waals surface area contributed by atoms with Crippen molar-refractivity contribution < 1.29 is 33.3 Å². The van der Waals surface area contributed by atoms with Crippen molar-refractivity contribution in [3.63, 3.8) is 0 Å². The Bertz CT molecular complexity index is 1510. The zero-order valence-corrected chi connectivity index (χ0v) is 24.9. The fraction of sp³-hybridized carbons (Fsp3) is 0.250. The lowest BCUT2D eigenvalue weighted by molar-refractivity contribution is -0.154. The molecule has 0 bridgehead atoms. The Hall–Kier alpha value is -4.91. The van der Waals surface area contributed by atoms with Gasteiger partial charge in [0.15, 0.2) is 0 Å². The van der Waals surface area contributed by atoms with Crippen LogP contribution in [0.4, 0.5) is 0 Å². The molecule has 0 aromatic heterocycles. The van der Waals surface area contributed by atoms with Crippen molar-refractivity contribution in [1.29, 1.82) is 0 Å². The maximum atomic E-state index is 12.8. The van der Waals surface area contributed by atoms with E-state index in [0.29, 0.717) is 29.2 Å². The molecule has 222 valence electrons. The van der Waals surface area contributed by atoms with Gasteiger partial charge in [-0.3, -0.25) is 4.79 Å². The molecule has 0 saturated heterocycles. The van der Waals surface area contributed by atoms with Gasteiger partial charge in [0.1, 0.15) is 24.2 Å². The second-order valence-electron chi connectivity index (χ2n) is 10.2. The van der Waals surface area contributed by atoms with E-state index in [2.05, 4.69) is 0 Å². The summed E-state index contributed by atoms with van der Waals surface area (Å²) < 4.78 is 21.8. The first kappa shape index (κ1) is 31.0. The minimum Gasteiger partial charge on any atom is -0.490 e. The van der Waals surface area contributed by atoms with Crippen LogP contribution in [0.1, 0.15) is 54.8 Å². The van der Waals surface area contributed by atoms with E-state index in [1.807, 2.05) is 81.4 Å². The standard InChI is InChI=1S/C36H36O7/c1-5-24(3)34(37)42-25(4)23-41-32-19-15-28(16-20-32)27-9-13-31(14-10-27)36(39)43-33-21-17-29(18-22-33)26-7-11-30(12-8-26)35(38)40-6-2/h7-22,24-25H,5-6,23H2,1-4H3. The van der Waals surface area contributed by atoms with Gasteiger partial charge in [-0.15, -0.1) is 0 Å². The maximum Gasteiger partial charge on any atom is 0.343 e. The fourth-order valence-electron chi connectivity index (χ4n) is 4.17. The SMILES string of the molecule is CCOC(=O)c1ccc(-c2ccc(OC(=O)c3ccc(-c4ccc(OCC(C)OC(=O)C(C)CC)cc4)cc3)cc2)cc1. The van der Waals surface area contributed by atoms with E-state index < -0.39 is 5.97 Å². The van der Waals surface area contributed by atoms with Gasteiger partial charge in [0.05, 0.1) is 23.7 Å². The van der Waals surface area contributed by atoms with Crippen LogP contribution in [0.15, 0.2) is 97.1 Å². The van der Waals surface area contributed by atoms with Crippen LogP contribution in [0.2, 0.25) is 0 Å². The van der Waals surface area contributed by atoms with E-state index in [1.54, 1.807) is 43.3 Å². The first-order valence-electron chi connectivity index (χ1n) is 14.4. The lowest BCUT2D eigenvalue weighted by Gasteiger charge is -2.16. The molecule has 0 aliphatic rings. The van der Waals surface area contributed by atoms with Gasteiger partial charge in [-0.25, -0.2) is 9.59 Å². The van der Waals surface area contributed by atoms with Crippen LogP contribution in [0, 0.1) is 5.92 Å². The minimum atomic E-state index is -0.454. The van der Waals surface area contributed by atoms with Crippen molar-refractivity contribution in [2.45, 2.75) is 40.2 Å². The molecule has 0 heterocycles. The third-order valence-electron chi connectivity index (χ3n) is 6.92. The second kappa shape index (κ2) is 14.8. The Morgan fingerprint density at radius 1 is 0.605 bits per heavy atom. The molecular weight excluding hydrogens is 544 g/mol. The predicted octanol–water partition coefficient (Wildman–Crippen LogP) is 7.77. The van der Waals surface area contributed by atoms with Crippen molar-refractivity contribution in [3.8, 4) is 33.8 Å². The van der Waals surface area contributed by atoms with E-state index in [-0.39, 0.29) is 30.6 Å². The van der Waals surface area contributed by atoms with Crippen LogP contribution in [0.3, 0.4) is 0 Å². The number of rotatable bonds is 12. The van der Waals surface area contributed by atoms with Crippen molar-refractivity contribution in [1.82, 2.24) is 0 Å². The molecule has 4 aromatic rings. The molecule has 0 N–H and O–H groups in total. The highest BCUT2D eigenvalue weighted by molar-refractivity contribution is 5.92. The Balaban J connectivity index is 1.30. The molecule has 7 heteroatoms. The quantitative estimate of drug-likeness (QED) is 0.125. The van der Waals surface area contributed by atoms with Crippen molar-refractivity contribution >= 4 is 17.9 Å². The number of hydrogen-bond donors (Lipinski definition) is 0. The van der Waals surface area contributed by atoms with E-state index in [4.69, 9.17) is 18.9 Å². The summed E-state index contributed by atoms with van der Waals surface area (Å²) in [5.74, 6) is -0.0368. The molecule has 0 spiro atoms. The van der Waals surface area contributed by atoms with Gasteiger partial charge in [-0.05, 0) is 91.1 Å². The van der Waals surface area contributed by atoms with Gasteiger partial charge in [0, 0.05) is 0 Å². The summed E-state index contributed by atoms with van der Waals surface area (Å²) in [6.07, 6.45) is 0.394. The molecule has 0 amide bonds. The first-order chi connectivity index (χ1) is 20.8. The lowest BCUT2D eigenvalue weighted by atomic mass is 10.0. The molecule has 0 saturated carbocycles. The summed E-state index contributed by atoms with van der Waals surface area (Å²) in [6, 6.07) is 29.1. The third kappa shape index (κ3) is 8.55. The van der Waals surface area contributed by atoms with Crippen molar-refractivity contribution in [2.24, 2.45) is 5.92 Å². The van der Waals surface area contributed by atoms with E-state index >= 15 is 0 Å². The highest BCUT2D eigenvalue weighted by atomic mass is 16.6. The normalized spacial score (nSPS) is 12.1. The highest BCUT2D eigenvalue weighted by Gasteiger charge is 2.16.